The van der Waals surface area contributed by atoms with Crippen molar-refractivity contribution >= 4 is 74.2 Å². The second-order valence-corrected chi connectivity index (χ2v) is 43.8. The van der Waals surface area contributed by atoms with Gasteiger partial charge in [-0.05, 0) is 16.6 Å². The first kappa shape index (κ1) is 22.8. The quantitative estimate of drug-likeness (QED) is 0.255. The summed E-state index contributed by atoms with van der Waals surface area (Å²) in [5.74, 6) is 0. The lowest BCUT2D eigenvalue weighted by atomic mass is 9.98. The van der Waals surface area contributed by atoms with Crippen LogP contribution in [0, 0.1) is 0 Å². The van der Waals surface area contributed by atoms with Crippen LogP contribution in [0.15, 0.2) is 0 Å². The fourth-order valence-electron chi connectivity index (χ4n) is 6.76. The average Bonchev–Trinajstić information content (AvgIpc) is 2.64. The van der Waals surface area contributed by atoms with Gasteiger partial charge in [0, 0.05) is 0 Å². The van der Waals surface area contributed by atoms with Gasteiger partial charge in [0.05, 0.1) is 7.59 Å². The van der Waals surface area contributed by atoms with Crippen LogP contribution >= 0.6 is 55.4 Å². The van der Waals surface area contributed by atoms with Gasteiger partial charge in [0.2, 0.25) is 0 Å². The highest BCUT2D eigenvalue weighted by atomic mass is 35.9. The van der Waals surface area contributed by atoms with Crippen molar-refractivity contribution in [3.8, 4) is 0 Å². The summed E-state index contributed by atoms with van der Waals surface area (Å²) in [7, 11) is -2.12. The number of rotatable bonds is 5. The summed E-state index contributed by atoms with van der Waals surface area (Å²) in [5, 5.41) is 0. The van der Waals surface area contributed by atoms with E-state index in [1.54, 1.807) is 0 Å². The minimum absolute atomic E-state index is 0.715. The normalized spacial score (nSPS) is 26.2. The molecule has 3 saturated carbocycles. The first-order valence-electron chi connectivity index (χ1n) is 10.8. The molecule has 0 unspecified atom stereocenters. The lowest BCUT2D eigenvalue weighted by Crippen LogP contribution is -2.73. The van der Waals surface area contributed by atoms with Crippen LogP contribution in [0.4, 0.5) is 0 Å². The fraction of sp³-hybridized carbons (Fsp3) is 1.00. The van der Waals surface area contributed by atoms with E-state index in [1.165, 1.54) is 96.3 Å². The summed E-state index contributed by atoms with van der Waals surface area (Å²) in [6, 6.07) is 0. The van der Waals surface area contributed by atoms with Gasteiger partial charge < -0.3 is 0 Å². The number of halogens is 5. The van der Waals surface area contributed by atoms with E-state index < -0.39 is 18.8 Å². The van der Waals surface area contributed by atoms with Crippen LogP contribution in [-0.2, 0) is 0 Å². The standard InChI is InChI=1S/C18H33Cl5Si3/c19-25(20,21)26(22,23)24(16-10-4-1-5-11-16,17-12-6-2-7-13-17)18-14-8-3-9-15-18/h16-18H,1-15H2. The first-order valence-corrected chi connectivity index (χ1v) is 24.1. The Balaban J connectivity index is 2.11. The molecule has 0 radical (unpaired) electrons. The molecule has 3 aliphatic carbocycles. The maximum absolute atomic E-state index is 7.47. The second-order valence-electron chi connectivity index (χ2n) is 9.01. The van der Waals surface area contributed by atoms with Gasteiger partial charge in [-0.3, -0.25) is 0 Å². The molecular formula is C18H33Cl5Si3. The molecule has 3 fully saturated rings. The van der Waals surface area contributed by atoms with Crippen LogP contribution in [0.25, 0.3) is 0 Å². The zero-order valence-corrected chi connectivity index (χ0v) is 22.5. The Labute approximate surface area is 186 Å². The molecule has 0 bridgehead atoms. The lowest BCUT2D eigenvalue weighted by Gasteiger charge is -2.58. The van der Waals surface area contributed by atoms with Crippen molar-refractivity contribution in [1.29, 1.82) is 0 Å². The van der Waals surface area contributed by atoms with Crippen LogP contribution in [0.5, 0.6) is 0 Å². The number of hydrogen-bond acceptors (Lipinski definition) is 0. The third kappa shape index (κ3) is 4.26. The molecule has 0 saturated heterocycles. The molecule has 0 N–H and O–H groups in total. The van der Waals surface area contributed by atoms with Crippen molar-refractivity contribution in [2.24, 2.45) is 0 Å². The Kier molecular flexibility index (Phi) is 8.32. The van der Waals surface area contributed by atoms with E-state index in [9.17, 15) is 0 Å². The van der Waals surface area contributed by atoms with Crippen molar-refractivity contribution < 1.29 is 0 Å². The molecular weight excluding hydrogens is 478 g/mol. The summed E-state index contributed by atoms with van der Waals surface area (Å²) in [6.07, 6.45) is 19.9. The van der Waals surface area contributed by atoms with E-state index in [0.717, 1.165) is 0 Å². The highest BCUT2D eigenvalue weighted by Crippen LogP contribution is 2.64. The van der Waals surface area contributed by atoms with Crippen molar-refractivity contribution in [3.63, 3.8) is 0 Å². The van der Waals surface area contributed by atoms with Gasteiger partial charge in [-0.1, -0.05) is 96.3 Å². The van der Waals surface area contributed by atoms with Gasteiger partial charge in [-0.15, -0.1) is 55.4 Å². The molecule has 0 aromatic heterocycles. The molecule has 26 heavy (non-hydrogen) atoms. The van der Waals surface area contributed by atoms with E-state index in [0.29, 0.717) is 16.6 Å². The van der Waals surface area contributed by atoms with Gasteiger partial charge >= 0.3 is 5.52 Å². The molecule has 3 rings (SSSR count). The molecule has 0 aromatic carbocycles. The van der Waals surface area contributed by atoms with Gasteiger partial charge in [-0.2, -0.15) is 0 Å². The first-order chi connectivity index (χ1) is 12.3. The van der Waals surface area contributed by atoms with E-state index in [2.05, 4.69) is 0 Å². The van der Waals surface area contributed by atoms with Crippen LogP contribution in [0.3, 0.4) is 0 Å². The summed E-state index contributed by atoms with van der Waals surface area (Å²) in [5.41, 5.74) is -3.91. The summed E-state index contributed by atoms with van der Waals surface area (Å²) < 4.78 is 0. The minimum atomic E-state index is -3.12. The van der Waals surface area contributed by atoms with E-state index in [1.807, 2.05) is 0 Å². The molecule has 0 nitrogen and oxygen atoms in total. The zero-order chi connectivity index (χ0) is 18.8. The fourth-order valence-corrected chi connectivity index (χ4v) is 55.1. The Bertz CT molecular complexity index is 405. The van der Waals surface area contributed by atoms with E-state index in [-0.39, 0.29) is 0 Å². The predicted octanol–water partition coefficient (Wildman–Crippen LogP) is 9.17. The van der Waals surface area contributed by atoms with Crippen LogP contribution < -0.4 is 0 Å². The van der Waals surface area contributed by atoms with Crippen LogP contribution in [-0.4, -0.2) is 18.8 Å². The van der Waals surface area contributed by atoms with Gasteiger partial charge in [0.1, 0.15) is 0 Å². The SMILES string of the molecule is Cl[Si](Cl)(Cl)[Si](Cl)(Cl)[Si](C1CCCCC1)(C1CCCCC1)C1CCCCC1. The maximum Gasteiger partial charge on any atom is 0.355 e. The average molecular weight is 511 g/mol. The third-order valence-electron chi connectivity index (χ3n) is 7.74. The van der Waals surface area contributed by atoms with Crippen molar-refractivity contribution in [3.05, 3.63) is 0 Å². The van der Waals surface area contributed by atoms with Crippen molar-refractivity contribution in [2.75, 3.05) is 0 Å². The third-order valence-corrected chi connectivity index (χ3v) is 59.8. The summed E-state index contributed by atoms with van der Waals surface area (Å²) in [6.45, 7) is 0. The van der Waals surface area contributed by atoms with Crippen molar-refractivity contribution in [1.82, 2.24) is 0 Å². The molecule has 0 aliphatic heterocycles. The summed E-state index contributed by atoms with van der Waals surface area (Å²) in [4.78, 5) is 0. The van der Waals surface area contributed by atoms with Gasteiger partial charge in [-0.25, -0.2) is 0 Å². The zero-order valence-electron chi connectivity index (χ0n) is 15.7. The van der Waals surface area contributed by atoms with Gasteiger partial charge in [0.25, 0.3) is 5.73 Å². The molecule has 3 aliphatic rings. The van der Waals surface area contributed by atoms with Gasteiger partial charge in [0.15, 0.2) is 0 Å². The second kappa shape index (κ2) is 9.49. The van der Waals surface area contributed by atoms with E-state index in [4.69, 9.17) is 55.4 Å². The lowest BCUT2D eigenvalue weighted by molar-refractivity contribution is 0.424. The Hall–Kier alpha value is 2.10. The van der Waals surface area contributed by atoms with E-state index >= 15 is 0 Å². The summed E-state index contributed by atoms with van der Waals surface area (Å²) >= 11 is 35.2. The minimum Gasteiger partial charge on any atom is -0.149 e. The molecule has 0 spiro atoms. The molecule has 8 heteroatoms. The van der Waals surface area contributed by atoms with Crippen LogP contribution in [0.2, 0.25) is 16.6 Å². The molecule has 0 heterocycles. The molecule has 0 amide bonds. The molecule has 0 atom stereocenters. The van der Waals surface area contributed by atoms with Crippen LogP contribution in [0.1, 0.15) is 96.3 Å². The topological polar surface area (TPSA) is 0 Å². The maximum atomic E-state index is 7.47. The number of hydrogen-bond donors (Lipinski definition) is 0. The Morgan fingerprint density at radius 2 is 0.692 bits per heavy atom. The highest BCUT2D eigenvalue weighted by Gasteiger charge is 2.73. The largest absolute Gasteiger partial charge is 0.355 e. The Morgan fingerprint density at radius 1 is 0.423 bits per heavy atom. The molecule has 152 valence electrons. The highest BCUT2D eigenvalue weighted by molar-refractivity contribution is 8.14. The monoisotopic (exact) mass is 508 g/mol. The predicted molar refractivity (Wildman–Crippen MR) is 127 cm³/mol. The smallest absolute Gasteiger partial charge is 0.149 e. The Morgan fingerprint density at radius 3 is 0.923 bits per heavy atom. The van der Waals surface area contributed by atoms with Crippen molar-refractivity contribution in [2.45, 2.75) is 113 Å². The molecule has 0 aromatic rings.